The number of hydrogen-bond donors (Lipinski definition) is 2. The van der Waals surface area contributed by atoms with E-state index in [1.807, 2.05) is 24.1 Å². The Balaban J connectivity index is 1.49. The van der Waals surface area contributed by atoms with Crippen LogP contribution < -0.4 is 10.9 Å². The second-order valence-electron chi connectivity index (χ2n) is 7.95. The fourth-order valence-corrected chi connectivity index (χ4v) is 4.16. The van der Waals surface area contributed by atoms with E-state index in [2.05, 4.69) is 43.8 Å². The zero-order valence-electron chi connectivity index (χ0n) is 17.7. The molecule has 1 fully saturated rings. The lowest BCUT2D eigenvalue weighted by Crippen LogP contribution is -2.52. The highest BCUT2D eigenvalue weighted by atomic mass is 79.9. The molecule has 31 heavy (non-hydrogen) atoms. The van der Waals surface area contributed by atoms with Gasteiger partial charge in [0.25, 0.3) is 5.91 Å². The van der Waals surface area contributed by atoms with Gasteiger partial charge in [0.2, 0.25) is 0 Å². The average Bonchev–Trinajstić information content (AvgIpc) is 3.11. The summed E-state index contributed by atoms with van der Waals surface area (Å²) in [5.74, 6) is 0.553. The standard InChI is InChI=1S/C22H26BrN5O3/c1-14-19-17(24-25-21(29)15-6-8-16(23)9-7-15)4-3-5-18(19)31-20(14)22(30)26-28-12-10-27(2)11-13-28/h6-9H,3-5,10-13H2,1-2H3,(H,25,29)(H,26,30)/b24-17+. The number of likely N-dealkylation sites (N-methyl/N-ethyl adjacent to an activating group) is 1. The first-order valence-electron chi connectivity index (χ1n) is 10.4. The van der Waals surface area contributed by atoms with Crippen molar-refractivity contribution < 1.29 is 14.0 Å². The van der Waals surface area contributed by atoms with Crippen molar-refractivity contribution in [3.63, 3.8) is 0 Å². The Morgan fingerprint density at radius 3 is 2.48 bits per heavy atom. The van der Waals surface area contributed by atoms with Crippen LogP contribution >= 0.6 is 15.9 Å². The number of carbonyl (C=O) groups is 2. The summed E-state index contributed by atoms with van der Waals surface area (Å²) in [6.45, 7) is 5.23. The second kappa shape index (κ2) is 9.33. The second-order valence-corrected chi connectivity index (χ2v) is 8.86. The number of benzene rings is 1. The van der Waals surface area contributed by atoms with Crippen LogP contribution in [0.4, 0.5) is 0 Å². The number of fused-ring (bicyclic) bond motifs is 1. The van der Waals surface area contributed by atoms with Crippen LogP contribution in [0.5, 0.6) is 0 Å². The molecule has 0 bridgehead atoms. The molecule has 1 saturated heterocycles. The maximum Gasteiger partial charge on any atom is 0.301 e. The van der Waals surface area contributed by atoms with Crippen molar-refractivity contribution >= 4 is 33.5 Å². The fraction of sp³-hybridized carbons (Fsp3) is 0.409. The molecule has 1 aromatic carbocycles. The topological polar surface area (TPSA) is 90.2 Å². The molecule has 0 radical (unpaired) electrons. The number of hydrogen-bond acceptors (Lipinski definition) is 6. The third kappa shape index (κ3) is 4.89. The van der Waals surface area contributed by atoms with Crippen molar-refractivity contribution in [1.29, 1.82) is 0 Å². The van der Waals surface area contributed by atoms with E-state index >= 15 is 0 Å². The monoisotopic (exact) mass is 487 g/mol. The Bertz CT molecular complexity index is 1010. The third-order valence-corrected chi connectivity index (χ3v) is 6.22. The lowest BCUT2D eigenvalue weighted by molar-refractivity contribution is 0.0634. The van der Waals surface area contributed by atoms with Gasteiger partial charge in [-0.2, -0.15) is 5.10 Å². The molecule has 0 atom stereocenters. The third-order valence-electron chi connectivity index (χ3n) is 5.69. The van der Waals surface area contributed by atoms with Gasteiger partial charge in [-0.25, -0.2) is 10.4 Å². The lowest BCUT2D eigenvalue weighted by Gasteiger charge is -2.32. The van der Waals surface area contributed by atoms with Crippen LogP contribution in [0.25, 0.3) is 0 Å². The number of hydrazone groups is 1. The van der Waals surface area contributed by atoms with Crippen LogP contribution in [0.15, 0.2) is 38.3 Å². The highest BCUT2D eigenvalue weighted by Gasteiger charge is 2.29. The molecule has 2 aliphatic rings. The quantitative estimate of drug-likeness (QED) is 0.647. The summed E-state index contributed by atoms with van der Waals surface area (Å²) in [5, 5.41) is 6.31. The molecular weight excluding hydrogens is 462 g/mol. The molecule has 9 heteroatoms. The first-order valence-corrected chi connectivity index (χ1v) is 11.2. The minimum Gasteiger partial charge on any atom is -0.455 e. The SMILES string of the molecule is Cc1c(C(=O)NN2CCN(C)CC2)oc2c1/C(=N/NC(=O)c1ccc(Br)cc1)CCC2. The van der Waals surface area contributed by atoms with Crippen molar-refractivity contribution in [3.05, 3.63) is 56.9 Å². The Hall–Kier alpha value is -2.49. The largest absolute Gasteiger partial charge is 0.455 e. The van der Waals surface area contributed by atoms with Gasteiger partial charge in [0.1, 0.15) is 5.76 Å². The van der Waals surface area contributed by atoms with E-state index < -0.39 is 0 Å². The maximum absolute atomic E-state index is 12.8. The van der Waals surface area contributed by atoms with Gasteiger partial charge in [-0.1, -0.05) is 15.9 Å². The van der Waals surface area contributed by atoms with Crippen molar-refractivity contribution in [3.8, 4) is 0 Å². The molecule has 1 aliphatic carbocycles. The number of rotatable bonds is 4. The first kappa shape index (κ1) is 21.7. The maximum atomic E-state index is 12.8. The van der Waals surface area contributed by atoms with E-state index in [0.29, 0.717) is 17.7 Å². The highest BCUT2D eigenvalue weighted by Crippen LogP contribution is 2.30. The van der Waals surface area contributed by atoms with Crippen LogP contribution in [0.1, 0.15) is 50.6 Å². The molecule has 0 unspecified atom stereocenters. The number of amides is 2. The summed E-state index contributed by atoms with van der Waals surface area (Å²) >= 11 is 3.36. The summed E-state index contributed by atoms with van der Waals surface area (Å²) in [4.78, 5) is 27.5. The summed E-state index contributed by atoms with van der Waals surface area (Å²) in [6, 6.07) is 7.09. The number of aryl methyl sites for hydroxylation is 1. The minimum absolute atomic E-state index is 0.241. The van der Waals surface area contributed by atoms with Gasteiger partial charge in [0.15, 0.2) is 5.76 Å². The summed E-state index contributed by atoms with van der Waals surface area (Å²) in [6.07, 6.45) is 2.32. The number of nitrogens with one attached hydrogen (secondary N) is 2. The van der Waals surface area contributed by atoms with Crippen molar-refractivity contribution in [2.45, 2.75) is 26.2 Å². The van der Waals surface area contributed by atoms with Gasteiger partial charge in [-0.3, -0.25) is 15.0 Å². The van der Waals surface area contributed by atoms with Crippen molar-refractivity contribution in [2.75, 3.05) is 33.2 Å². The number of hydrazine groups is 1. The zero-order valence-corrected chi connectivity index (χ0v) is 19.3. The molecule has 164 valence electrons. The Kier molecular flexibility index (Phi) is 6.54. The predicted molar refractivity (Wildman–Crippen MR) is 121 cm³/mol. The van der Waals surface area contributed by atoms with E-state index in [1.165, 1.54) is 0 Å². The van der Waals surface area contributed by atoms with E-state index in [1.54, 1.807) is 12.1 Å². The van der Waals surface area contributed by atoms with Gasteiger partial charge in [0, 0.05) is 53.8 Å². The van der Waals surface area contributed by atoms with Crippen LogP contribution in [0, 0.1) is 6.92 Å². The predicted octanol–water partition coefficient (Wildman–Crippen LogP) is 2.71. The number of nitrogens with zero attached hydrogens (tertiary/aromatic N) is 3. The van der Waals surface area contributed by atoms with Crippen LogP contribution in [0.3, 0.4) is 0 Å². The number of halogens is 1. The molecule has 0 spiro atoms. The van der Waals surface area contributed by atoms with Gasteiger partial charge < -0.3 is 9.32 Å². The van der Waals surface area contributed by atoms with Gasteiger partial charge in [-0.15, -0.1) is 0 Å². The van der Waals surface area contributed by atoms with E-state index in [9.17, 15) is 9.59 Å². The van der Waals surface area contributed by atoms with Crippen molar-refractivity contribution in [2.24, 2.45) is 5.10 Å². The first-order chi connectivity index (χ1) is 14.9. The molecule has 1 aliphatic heterocycles. The van der Waals surface area contributed by atoms with E-state index in [4.69, 9.17) is 4.42 Å². The van der Waals surface area contributed by atoms with Crippen LogP contribution in [-0.4, -0.2) is 60.7 Å². The molecule has 2 amide bonds. The van der Waals surface area contributed by atoms with Gasteiger partial charge in [-0.05, 0) is 51.1 Å². The smallest absolute Gasteiger partial charge is 0.301 e. The Labute approximate surface area is 189 Å². The number of piperazine rings is 1. The van der Waals surface area contributed by atoms with Gasteiger partial charge in [0.05, 0.1) is 5.71 Å². The molecule has 1 aromatic heterocycles. The van der Waals surface area contributed by atoms with E-state index in [0.717, 1.165) is 66.1 Å². The molecular formula is C22H26BrN5O3. The lowest BCUT2D eigenvalue weighted by atomic mass is 9.93. The molecule has 0 saturated carbocycles. The normalized spacial score (nSPS) is 18.6. The number of carbonyl (C=O) groups excluding carboxylic acids is 2. The van der Waals surface area contributed by atoms with Crippen LogP contribution in [-0.2, 0) is 6.42 Å². The Morgan fingerprint density at radius 1 is 1.06 bits per heavy atom. The zero-order chi connectivity index (χ0) is 22.0. The number of furan rings is 1. The van der Waals surface area contributed by atoms with Crippen molar-refractivity contribution in [1.82, 2.24) is 20.8 Å². The fourth-order valence-electron chi connectivity index (χ4n) is 3.89. The Morgan fingerprint density at radius 2 is 1.77 bits per heavy atom. The van der Waals surface area contributed by atoms with E-state index in [-0.39, 0.29) is 11.8 Å². The molecule has 8 nitrogen and oxygen atoms in total. The molecule has 4 rings (SSSR count). The average molecular weight is 488 g/mol. The molecule has 2 N–H and O–H groups in total. The molecule has 2 aromatic rings. The summed E-state index contributed by atoms with van der Waals surface area (Å²) in [7, 11) is 2.07. The van der Waals surface area contributed by atoms with Gasteiger partial charge >= 0.3 is 5.91 Å². The summed E-state index contributed by atoms with van der Waals surface area (Å²) in [5.41, 5.74) is 8.47. The van der Waals surface area contributed by atoms with Crippen LogP contribution in [0.2, 0.25) is 0 Å². The highest BCUT2D eigenvalue weighted by molar-refractivity contribution is 9.10. The minimum atomic E-state index is -0.277. The molecule has 2 heterocycles. The summed E-state index contributed by atoms with van der Waals surface area (Å²) < 4.78 is 6.85.